The molecule has 0 spiro atoms. The molecule has 0 radical (unpaired) electrons. The summed E-state index contributed by atoms with van der Waals surface area (Å²) in [5.74, 6) is 1.05. The maximum absolute atomic E-state index is 8.87. The third kappa shape index (κ3) is 2.49. The van der Waals surface area contributed by atoms with E-state index < -0.39 is 0 Å². The van der Waals surface area contributed by atoms with Crippen LogP contribution >= 0.6 is 0 Å². The minimum absolute atomic E-state index is 0.344. The molecule has 5 nitrogen and oxygen atoms in total. The zero-order valence-corrected chi connectivity index (χ0v) is 9.59. The first-order chi connectivity index (χ1) is 8.35. The van der Waals surface area contributed by atoms with Gasteiger partial charge in [-0.1, -0.05) is 13.0 Å². The zero-order valence-electron chi connectivity index (χ0n) is 9.59. The molecule has 0 saturated carbocycles. The maximum Gasteiger partial charge on any atom is 0.218 e. The standard InChI is InChI=1S/C12H13N5/c1-2-14-8-10-3-4-11(16-9-10)17-6-5-15-12(17)7-13/h3-6,9,14H,2,8H2,1H3. The van der Waals surface area contributed by atoms with Crippen LogP contribution in [0.15, 0.2) is 30.7 Å². The van der Waals surface area contributed by atoms with Crippen molar-refractivity contribution in [3.05, 3.63) is 42.1 Å². The first-order valence-electron chi connectivity index (χ1n) is 5.44. The summed E-state index contributed by atoms with van der Waals surface area (Å²) in [6, 6.07) is 5.90. The molecule has 0 aliphatic carbocycles. The van der Waals surface area contributed by atoms with Gasteiger partial charge in [-0.05, 0) is 18.2 Å². The van der Waals surface area contributed by atoms with Crippen molar-refractivity contribution in [2.24, 2.45) is 0 Å². The van der Waals surface area contributed by atoms with Crippen molar-refractivity contribution in [3.63, 3.8) is 0 Å². The van der Waals surface area contributed by atoms with E-state index in [1.54, 1.807) is 23.2 Å². The van der Waals surface area contributed by atoms with Gasteiger partial charge in [-0.25, -0.2) is 9.97 Å². The van der Waals surface area contributed by atoms with Gasteiger partial charge in [0, 0.05) is 25.1 Å². The van der Waals surface area contributed by atoms with E-state index in [1.165, 1.54) is 0 Å². The van der Waals surface area contributed by atoms with Crippen LogP contribution in [0.1, 0.15) is 18.3 Å². The van der Waals surface area contributed by atoms with Crippen LogP contribution in [0.25, 0.3) is 5.82 Å². The maximum atomic E-state index is 8.87. The van der Waals surface area contributed by atoms with E-state index in [4.69, 9.17) is 5.26 Å². The van der Waals surface area contributed by atoms with Gasteiger partial charge in [-0.15, -0.1) is 0 Å². The van der Waals surface area contributed by atoms with E-state index in [0.29, 0.717) is 11.6 Å². The van der Waals surface area contributed by atoms with Crippen molar-refractivity contribution in [2.45, 2.75) is 13.5 Å². The summed E-state index contributed by atoms with van der Waals surface area (Å²) >= 11 is 0. The number of imidazole rings is 1. The summed E-state index contributed by atoms with van der Waals surface area (Å²) in [6.45, 7) is 3.80. The molecule has 2 aromatic heterocycles. The molecule has 0 fully saturated rings. The first kappa shape index (κ1) is 11.3. The summed E-state index contributed by atoms with van der Waals surface area (Å²) < 4.78 is 1.66. The van der Waals surface area contributed by atoms with E-state index in [-0.39, 0.29) is 0 Å². The van der Waals surface area contributed by atoms with Crippen LogP contribution in [0.2, 0.25) is 0 Å². The number of nitriles is 1. The number of rotatable bonds is 4. The quantitative estimate of drug-likeness (QED) is 0.853. The molecule has 0 amide bonds. The van der Waals surface area contributed by atoms with E-state index >= 15 is 0 Å². The van der Waals surface area contributed by atoms with Crippen molar-refractivity contribution in [2.75, 3.05) is 6.54 Å². The molecule has 86 valence electrons. The van der Waals surface area contributed by atoms with Crippen LogP contribution in [-0.4, -0.2) is 21.1 Å². The Balaban J connectivity index is 2.21. The van der Waals surface area contributed by atoms with Gasteiger partial charge in [0.2, 0.25) is 5.82 Å². The van der Waals surface area contributed by atoms with Crippen LogP contribution in [0.4, 0.5) is 0 Å². The van der Waals surface area contributed by atoms with Crippen molar-refractivity contribution >= 4 is 0 Å². The van der Waals surface area contributed by atoms with Crippen LogP contribution in [0, 0.1) is 11.3 Å². The fourth-order valence-corrected chi connectivity index (χ4v) is 1.50. The van der Waals surface area contributed by atoms with Gasteiger partial charge in [0.1, 0.15) is 11.9 Å². The highest BCUT2D eigenvalue weighted by Crippen LogP contribution is 2.08. The first-order valence-corrected chi connectivity index (χ1v) is 5.44. The Morgan fingerprint density at radius 1 is 1.41 bits per heavy atom. The number of hydrogen-bond donors (Lipinski definition) is 1. The molecule has 0 aliphatic rings. The monoisotopic (exact) mass is 227 g/mol. The van der Waals surface area contributed by atoms with Gasteiger partial charge in [-0.2, -0.15) is 5.26 Å². The number of nitrogens with one attached hydrogen (secondary N) is 1. The molecule has 0 saturated heterocycles. The SMILES string of the molecule is CCNCc1ccc(-n2ccnc2C#N)nc1. The summed E-state index contributed by atoms with van der Waals surface area (Å²) in [4.78, 5) is 8.25. The highest BCUT2D eigenvalue weighted by atomic mass is 15.1. The van der Waals surface area contributed by atoms with Crippen LogP contribution in [0.5, 0.6) is 0 Å². The third-order valence-corrected chi connectivity index (χ3v) is 2.38. The topological polar surface area (TPSA) is 66.5 Å². The van der Waals surface area contributed by atoms with Crippen molar-refractivity contribution in [3.8, 4) is 11.9 Å². The van der Waals surface area contributed by atoms with Crippen molar-refractivity contribution < 1.29 is 0 Å². The molecule has 0 bridgehead atoms. The van der Waals surface area contributed by atoms with E-state index in [0.717, 1.165) is 18.7 Å². The molecule has 1 N–H and O–H groups in total. The number of aromatic nitrogens is 3. The third-order valence-electron chi connectivity index (χ3n) is 2.38. The minimum atomic E-state index is 0.344. The van der Waals surface area contributed by atoms with Gasteiger partial charge >= 0.3 is 0 Å². The Morgan fingerprint density at radius 3 is 2.94 bits per heavy atom. The van der Waals surface area contributed by atoms with Gasteiger partial charge in [-0.3, -0.25) is 4.57 Å². The van der Waals surface area contributed by atoms with Crippen LogP contribution in [-0.2, 0) is 6.54 Å². The number of pyridine rings is 1. The Hall–Kier alpha value is -2.19. The Kier molecular flexibility index (Phi) is 3.48. The molecule has 0 aliphatic heterocycles. The minimum Gasteiger partial charge on any atom is -0.313 e. The van der Waals surface area contributed by atoms with Gasteiger partial charge < -0.3 is 5.32 Å². The summed E-state index contributed by atoms with van der Waals surface area (Å²) in [5.41, 5.74) is 1.12. The molecule has 0 atom stereocenters. The molecule has 17 heavy (non-hydrogen) atoms. The Labute approximate surface area is 99.7 Å². The van der Waals surface area contributed by atoms with E-state index in [2.05, 4.69) is 22.2 Å². The van der Waals surface area contributed by atoms with Crippen LogP contribution in [0.3, 0.4) is 0 Å². The highest BCUT2D eigenvalue weighted by Gasteiger charge is 2.04. The fraction of sp³-hybridized carbons (Fsp3) is 0.250. The van der Waals surface area contributed by atoms with E-state index in [1.807, 2.05) is 18.2 Å². The number of hydrogen-bond acceptors (Lipinski definition) is 4. The lowest BCUT2D eigenvalue weighted by Gasteiger charge is -2.05. The largest absolute Gasteiger partial charge is 0.313 e. The second-order valence-corrected chi connectivity index (χ2v) is 3.54. The lowest BCUT2D eigenvalue weighted by atomic mass is 10.3. The summed E-state index contributed by atoms with van der Waals surface area (Å²) in [5, 5.41) is 12.1. The molecule has 0 unspecified atom stereocenters. The average molecular weight is 227 g/mol. The number of nitrogens with zero attached hydrogens (tertiary/aromatic N) is 4. The average Bonchev–Trinajstić information content (AvgIpc) is 2.85. The fourth-order valence-electron chi connectivity index (χ4n) is 1.50. The Bertz CT molecular complexity index is 521. The predicted octanol–water partition coefficient (Wildman–Crippen LogP) is 1.25. The van der Waals surface area contributed by atoms with E-state index in [9.17, 15) is 0 Å². The van der Waals surface area contributed by atoms with Gasteiger partial charge in [0.15, 0.2) is 0 Å². The zero-order chi connectivity index (χ0) is 12.1. The smallest absolute Gasteiger partial charge is 0.218 e. The second-order valence-electron chi connectivity index (χ2n) is 3.54. The highest BCUT2D eigenvalue weighted by molar-refractivity contribution is 5.30. The molecule has 0 aromatic carbocycles. The second kappa shape index (κ2) is 5.23. The van der Waals surface area contributed by atoms with Gasteiger partial charge in [0.05, 0.1) is 0 Å². The van der Waals surface area contributed by atoms with Crippen molar-refractivity contribution in [1.82, 2.24) is 19.9 Å². The van der Waals surface area contributed by atoms with Crippen LogP contribution < -0.4 is 5.32 Å². The predicted molar refractivity (Wildman–Crippen MR) is 63.5 cm³/mol. The Morgan fingerprint density at radius 2 is 2.29 bits per heavy atom. The lowest BCUT2D eigenvalue weighted by Crippen LogP contribution is -2.12. The lowest BCUT2D eigenvalue weighted by molar-refractivity contribution is 0.723. The molecule has 5 heteroatoms. The molecule has 2 rings (SSSR count). The molecule has 2 aromatic rings. The normalized spacial score (nSPS) is 10.1. The summed E-state index contributed by atoms with van der Waals surface area (Å²) in [6.07, 6.45) is 5.12. The molecular weight excluding hydrogens is 214 g/mol. The van der Waals surface area contributed by atoms with Gasteiger partial charge in [0.25, 0.3) is 0 Å². The molecule has 2 heterocycles. The summed E-state index contributed by atoms with van der Waals surface area (Å²) in [7, 11) is 0. The molecular formula is C12H13N5. The van der Waals surface area contributed by atoms with Crippen molar-refractivity contribution in [1.29, 1.82) is 5.26 Å².